The molecule has 0 radical (unpaired) electrons. The molecule has 5 aliphatic rings. The minimum absolute atomic E-state index is 0.0575. The number of benzene rings is 2. The standard InChI is InChI=1S/C61H69FN8O25/c1-5-61(90)31-19-36-44-29(21-69(36)55(83)30(31)24-91-59(61)88)26(3)43-28(25(2)32(62)20-35(43)66-44)8-7-17-68(4)60(89)92-23-27-11-12-37(93-58-50(81)46(77)48(79)52(95-58)57(86)87)34(18-27)65-39(72)15-16-63-53(82)33(64-40(73)22-70-41(74)13-14-42(70)75)9-6-10-38(71)67-54-49(80)45(76)47(78)51(94-54)56(84)85/h11-14,18-20,33,45-52,54,58,76-81,90H,5-10,15-17,21-24H2,1-4H3,(H,63,82)(H,64,73)(H,65,72)(H,67,71)(H,84,85)(H,86,87)/t33-,45-,46-,47-,48-,49+,50+,51-,52-,54-,58+,61-/m0/s1. The molecule has 7 amide bonds. The van der Waals surface area contributed by atoms with Gasteiger partial charge < -0.3 is 100 Å². The highest BCUT2D eigenvalue weighted by Gasteiger charge is 2.50. The number of anilines is 1. The van der Waals surface area contributed by atoms with Gasteiger partial charge in [0.05, 0.1) is 34.7 Å². The summed E-state index contributed by atoms with van der Waals surface area (Å²) in [7, 11) is 1.45. The monoisotopic (exact) mass is 1330 g/mol. The first-order chi connectivity index (χ1) is 44.9. The first-order valence-corrected chi connectivity index (χ1v) is 29.9. The zero-order valence-electron chi connectivity index (χ0n) is 51.3. The van der Waals surface area contributed by atoms with Crippen molar-refractivity contribution in [3.05, 3.63) is 97.6 Å². The van der Waals surface area contributed by atoms with Gasteiger partial charge in [-0.3, -0.25) is 38.5 Å². The molecule has 2 aromatic carbocycles. The van der Waals surface area contributed by atoms with Gasteiger partial charge in [-0.1, -0.05) is 13.0 Å². The van der Waals surface area contributed by atoms with E-state index in [0.29, 0.717) is 38.4 Å². The number of rotatable bonds is 24. The van der Waals surface area contributed by atoms with Crippen molar-refractivity contribution in [3.8, 4) is 17.1 Å². The second-order valence-corrected chi connectivity index (χ2v) is 23.3. The topological polar surface area (TPSA) is 488 Å². The number of aryl methyl sites for hydroxylation is 2. The van der Waals surface area contributed by atoms with Gasteiger partial charge in [0.2, 0.25) is 29.9 Å². The molecule has 34 heteroatoms. The number of aliphatic hydroxyl groups is 7. The van der Waals surface area contributed by atoms with Crippen molar-refractivity contribution in [3.63, 3.8) is 0 Å². The second kappa shape index (κ2) is 28.7. The number of nitrogens with one attached hydrogen (secondary N) is 4. The number of aliphatic carboxylic acids is 2. The number of carbonyl (C=O) groups excluding carboxylic acids is 8. The number of aromatic nitrogens is 2. The Labute approximate surface area is 536 Å². The summed E-state index contributed by atoms with van der Waals surface area (Å²) >= 11 is 0. The third kappa shape index (κ3) is 14.5. The molecule has 4 aromatic rings. The van der Waals surface area contributed by atoms with Gasteiger partial charge in [0.25, 0.3) is 17.4 Å². The van der Waals surface area contributed by atoms with E-state index in [0.717, 1.165) is 17.7 Å². The molecule has 2 fully saturated rings. The van der Waals surface area contributed by atoms with Crippen molar-refractivity contribution in [1.82, 2.24) is 35.3 Å². The van der Waals surface area contributed by atoms with Crippen LogP contribution in [0.3, 0.4) is 0 Å². The molecule has 12 atom stereocenters. The molecule has 0 spiro atoms. The average molecular weight is 1330 g/mol. The van der Waals surface area contributed by atoms with Gasteiger partial charge in [-0.15, -0.1) is 0 Å². The number of halogens is 1. The maximum absolute atomic E-state index is 15.8. The summed E-state index contributed by atoms with van der Waals surface area (Å²) in [5.41, 5.74) is 1.07. The Bertz CT molecular complexity index is 3860. The van der Waals surface area contributed by atoms with Crippen LogP contribution >= 0.6 is 0 Å². The third-order valence-corrected chi connectivity index (χ3v) is 17.1. The van der Waals surface area contributed by atoms with Crippen molar-refractivity contribution >= 4 is 76.0 Å². The quantitative estimate of drug-likeness (QED) is 0.0221. The number of hydrogen-bond acceptors (Lipinski definition) is 24. The molecule has 2 aromatic heterocycles. The SMILES string of the molecule is CC[C@@]1(O)C(=O)OCc2c1cc1n(c2=O)Cc2c-1nc1cc(F)c(C)c(CCCN(C)C(=O)OCc3ccc(O[C@@H]4O[C@H](C(=O)O)[C@@H](O)[C@H](O)[C@H]4O)c(NC(=O)CCNC(=O)[C@H](CCCC(=O)N[C@H]4O[C@H](C(=O)O)[C@@H](O)[C@H](O)[C@H]4O)NC(=O)CN4C(=O)C=CC4=O)c3)c1c2C. The van der Waals surface area contributed by atoms with E-state index in [1.807, 2.05) is 6.92 Å². The Morgan fingerprint density at radius 2 is 1.49 bits per heavy atom. The Hall–Kier alpha value is -9.39. The van der Waals surface area contributed by atoms with E-state index in [1.165, 1.54) is 40.8 Å². The number of carboxylic acids is 2. The predicted molar refractivity (Wildman–Crippen MR) is 317 cm³/mol. The Morgan fingerprint density at radius 3 is 2.17 bits per heavy atom. The number of cyclic esters (lactones) is 1. The lowest BCUT2D eigenvalue weighted by Crippen LogP contribution is -2.64. The number of carboxylic acid groups (broad SMARTS) is 2. The lowest BCUT2D eigenvalue weighted by Gasteiger charge is -2.38. The number of imide groups is 1. The number of nitrogens with zero attached hydrogens (tertiary/aromatic N) is 4. The van der Waals surface area contributed by atoms with Crippen LogP contribution < -0.4 is 31.6 Å². The smallest absolute Gasteiger partial charge is 0.409 e. The predicted octanol–water partition coefficient (Wildman–Crippen LogP) is -2.66. The van der Waals surface area contributed by atoms with Crippen LogP contribution in [0, 0.1) is 19.7 Å². The lowest BCUT2D eigenvalue weighted by molar-refractivity contribution is -0.271. The van der Waals surface area contributed by atoms with Crippen molar-refractivity contribution in [2.24, 2.45) is 0 Å². The number of ether oxygens (including phenoxy) is 5. The third-order valence-electron chi connectivity index (χ3n) is 17.1. The Kier molecular flexibility index (Phi) is 21.1. The molecular formula is C61H69FN8O25. The Balaban J connectivity index is 0.849. The summed E-state index contributed by atoms with van der Waals surface area (Å²) in [4.78, 5) is 148. The average Bonchev–Trinajstić information content (AvgIpc) is 1.62. The molecule has 33 nitrogen and oxygen atoms in total. The summed E-state index contributed by atoms with van der Waals surface area (Å²) in [5.74, 6) is -10.6. The van der Waals surface area contributed by atoms with Crippen LogP contribution in [0.25, 0.3) is 22.3 Å². The summed E-state index contributed by atoms with van der Waals surface area (Å²) in [6, 6.07) is 5.15. The van der Waals surface area contributed by atoms with E-state index in [-0.39, 0.29) is 85.4 Å². The van der Waals surface area contributed by atoms with Crippen molar-refractivity contribution in [2.75, 3.05) is 32.0 Å². The highest BCUT2D eigenvalue weighted by atomic mass is 19.1. The number of pyridine rings is 2. The largest absolute Gasteiger partial charge is 0.479 e. The van der Waals surface area contributed by atoms with Crippen LogP contribution in [-0.2, 0) is 93.9 Å². The highest BCUT2D eigenvalue weighted by Crippen LogP contribution is 2.42. The first kappa shape index (κ1) is 69.9. The number of esters is 1. The fourth-order valence-corrected chi connectivity index (χ4v) is 11.7. The minimum Gasteiger partial charge on any atom is -0.479 e. The zero-order valence-corrected chi connectivity index (χ0v) is 51.3. The van der Waals surface area contributed by atoms with Crippen molar-refractivity contribution in [1.29, 1.82) is 0 Å². The summed E-state index contributed by atoms with van der Waals surface area (Å²) in [5, 5.41) is 102. The van der Waals surface area contributed by atoms with Crippen LogP contribution in [0.1, 0.15) is 84.4 Å². The van der Waals surface area contributed by atoms with Crippen molar-refractivity contribution in [2.45, 2.75) is 158 Å². The summed E-state index contributed by atoms with van der Waals surface area (Å²) in [6.07, 6.45) is -20.3. The van der Waals surface area contributed by atoms with Gasteiger partial charge in [-0.2, -0.15) is 0 Å². The maximum Gasteiger partial charge on any atom is 0.409 e. The van der Waals surface area contributed by atoms with Crippen LogP contribution in [0.4, 0.5) is 14.9 Å². The van der Waals surface area contributed by atoms with E-state index in [1.54, 1.807) is 19.9 Å². The van der Waals surface area contributed by atoms with Crippen LogP contribution in [0.2, 0.25) is 0 Å². The van der Waals surface area contributed by atoms with E-state index in [9.17, 15) is 98.7 Å². The highest BCUT2D eigenvalue weighted by molar-refractivity contribution is 6.14. The van der Waals surface area contributed by atoms with Gasteiger partial charge in [0.1, 0.15) is 74.0 Å². The molecule has 0 aliphatic carbocycles. The molecule has 9 rings (SSSR count). The molecule has 7 heterocycles. The fourth-order valence-electron chi connectivity index (χ4n) is 11.7. The molecule has 2 saturated heterocycles. The summed E-state index contributed by atoms with van der Waals surface area (Å²) in [6.45, 7) is 3.12. The first-order valence-electron chi connectivity index (χ1n) is 29.9. The molecule has 0 saturated carbocycles. The maximum atomic E-state index is 15.8. The molecule has 0 unspecified atom stereocenters. The Morgan fingerprint density at radius 1 is 0.821 bits per heavy atom. The number of amides is 7. The van der Waals surface area contributed by atoms with E-state index < -0.39 is 176 Å². The minimum atomic E-state index is -2.10. The lowest BCUT2D eigenvalue weighted by atomic mass is 9.86. The number of hydrogen-bond donors (Lipinski definition) is 13. The number of carbonyl (C=O) groups is 10. The molecule has 5 aliphatic heterocycles. The molecule has 13 N–H and O–H groups in total. The van der Waals surface area contributed by atoms with Gasteiger partial charge in [-0.25, -0.2) is 28.6 Å². The zero-order chi connectivity index (χ0) is 69.2. The van der Waals surface area contributed by atoms with E-state index >= 15 is 4.39 Å². The van der Waals surface area contributed by atoms with Gasteiger partial charge in [0, 0.05) is 67.7 Å². The second-order valence-electron chi connectivity index (χ2n) is 23.3. The van der Waals surface area contributed by atoms with Gasteiger partial charge in [-0.05, 0) is 86.4 Å². The van der Waals surface area contributed by atoms with Crippen LogP contribution in [0.5, 0.6) is 5.75 Å². The molecular weight excluding hydrogens is 1260 g/mol. The number of aliphatic hydroxyl groups excluding tert-OH is 6. The number of fused-ring (bicyclic) bond motifs is 5. The molecule has 510 valence electrons. The normalized spacial score (nSPS) is 24.6. The van der Waals surface area contributed by atoms with Crippen molar-refractivity contribution < 1.29 is 122 Å². The van der Waals surface area contributed by atoms with Crippen LogP contribution in [0.15, 0.2) is 47.3 Å². The van der Waals surface area contributed by atoms with Gasteiger partial charge in [0.15, 0.2) is 24.0 Å². The molecule has 95 heavy (non-hydrogen) atoms. The fraction of sp³-hybridized carbons (Fsp3) is 0.475. The van der Waals surface area contributed by atoms with E-state index in [4.69, 9.17) is 28.7 Å². The summed E-state index contributed by atoms with van der Waals surface area (Å²) < 4.78 is 44.2. The molecule has 0 bridgehead atoms. The van der Waals surface area contributed by atoms with E-state index in [2.05, 4.69) is 21.3 Å². The van der Waals surface area contributed by atoms with Gasteiger partial charge >= 0.3 is 24.0 Å². The van der Waals surface area contributed by atoms with Crippen LogP contribution in [-0.4, -0.2) is 219 Å².